The van der Waals surface area contributed by atoms with Gasteiger partial charge in [0.25, 0.3) is 5.91 Å². The molecule has 0 unspecified atom stereocenters. The number of aliphatic carboxylic acids is 1. The van der Waals surface area contributed by atoms with E-state index >= 15 is 0 Å². The summed E-state index contributed by atoms with van der Waals surface area (Å²) in [5.74, 6) is -1.47. The second kappa shape index (κ2) is 9.10. The van der Waals surface area contributed by atoms with Crippen LogP contribution in [0.3, 0.4) is 0 Å². The Balaban J connectivity index is 1.61. The highest BCUT2D eigenvalue weighted by Gasteiger charge is 2.24. The van der Waals surface area contributed by atoms with Crippen LogP contribution in [0, 0.1) is 0 Å². The van der Waals surface area contributed by atoms with E-state index in [-0.39, 0.29) is 12.2 Å². The van der Waals surface area contributed by atoms with Crippen LogP contribution in [0.15, 0.2) is 89.8 Å². The van der Waals surface area contributed by atoms with Crippen molar-refractivity contribution in [3.05, 3.63) is 90.5 Å². The van der Waals surface area contributed by atoms with Gasteiger partial charge in [0.1, 0.15) is 6.04 Å². The zero-order chi connectivity index (χ0) is 21.8. The maximum atomic E-state index is 13.3. The van der Waals surface area contributed by atoms with Crippen molar-refractivity contribution < 1.29 is 18.9 Å². The molecule has 1 amide bonds. The Kier molecular flexibility index (Phi) is 6.09. The molecule has 156 valence electrons. The van der Waals surface area contributed by atoms with Crippen LogP contribution in [0.25, 0.3) is 21.5 Å². The molecule has 0 aliphatic heterocycles. The van der Waals surface area contributed by atoms with Crippen LogP contribution in [-0.4, -0.2) is 33.0 Å². The molecule has 5 nitrogen and oxygen atoms in total. The summed E-state index contributed by atoms with van der Waals surface area (Å²) in [7, 11) is -1.34. The number of hydrogen-bond acceptors (Lipinski definition) is 3. The van der Waals surface area contributed by atoms with E-state index in [2.05, 4.69) is 5.32 Å². The molecule has 4 aromatic carbocycles. The lowest BCUT2D eigenvalue weighted by Crippen LogP contribution is -2.41. The summed E-state index contributed by atoms with van der Waals surface area (Å²) in [6, 6.07) is 24.8. The Morgan fingerprint density at radius 1 is 0.839 bits per heavy atom. The Morgan fingerprint density at radius 3 is 1.97 bits per heavy atom. The Morgan fingerprint density at radius 2 is 1.39 bits per heavy atom. The summed E-state index contributed by atoms with van der Waals surface area (Å²) in [6.07, 6.45) is 0.0608. The third-order valence-electron chi connectivity index (χ3n) is 5.20. The van der Waals surface area contributed by atoms with E-state index < -0.39 is 28.7 Å². The van der Waals surface area contributed by atoms with Gasteiger partial charge in [-0.3, -0.25) is 9.00 Å². The van der Waals surface area contributed by atoms with Crippen molar-refractivity contribution in [3.8, 4) is 0 Å². The molecule has 0 radical (unpaired) electrons. The third-order valence-corrected chi connectivity index (χ3v) is 6.60. The van der Waals surface area contributed by atoms with Crippen LogP contribution < -0.4 is 5.32 Å². The lowest BCUT2D eigenvalue weighted by molar-refractivity contribution is -0.139. The first kappa shape index (κ1) is 20.8. The number of carbonyl (C=O) groups is 2. The van der Waals surface area contributed by atoms with Crippen LogP contribution in [0.2, 0.25) is 0 Å². The summed E-state index contributed by atoms with van der Waals surface area (Å²) in [5, 5.41) is 15.6. The van der Waals surface area contributed by atoms with Gasteiger partial charge in [-0.15, -0.1) is 0 Å². The van der Waals surface area contributed by atoms with Gasteiger partial charge in [0.15, 0.2) is 0 Å². The molecule has 4 rings (SSSR count). The van der Waals surface area contributed by atoms with E-state index in [0.29, 0.717) is 10.5 Å². The zero-order valence-electron chi connectivity index (χ0n) is 16.7. The molecule has 2 N–H and O–H groups in total. The maximum Gasteiger partial charge on any atom is 0.326 e. The zero-order valence-corrected chi connectivity index (χ0v) is 17.5. The number of fused-ring (bicyclic) bond motifs is 2. The van der Waals surface area contributed by atoms with Crippen molar-refractivity contribution in [2.45, 2.75) is 17.4 Å². The van der Waals surface area contributed by atoms with Crippen molar-refractivity contribution in [2.24, 2.45) is 0 Å². The van der Waals surface area contributed by atoms with Gasteiger partial charge in [-0.1, -0.05) is 66.7 Å². The van der Waals surface area contributed by atoms with Crippen LogP contribution in [0.4, 0.5) is 0 Å². The molecular weight excluding hydrogens is 410 g/mol. The first-order chi connectivity index (χ1) is 15.0. The van der Waals surface area contributed by atoms with Gasteiger partial charge in [0.05, 0.1) is 16.4 Å². The number of benzene rings is 4. The average Bonchev–Trinajstić information content (AvgIpc) is 2.80. The predicted molar refractivity (Wildman–Crippen MR) is 123 cm³/mol. The SMILES string of the molecule is O=C(N[C@H](CC[S@](=O)c1ccccc1)C(=O)O)c1c2ccccc2cc2ccccc12. The fraction of sp³-hybridized carbons (Fsp3) is 0.120. The molecule has 0 saturated carbocycles. The molecule has 0 fully saturated rings. The predicted octanol–water partition coefficient (Wildman–Crippen LogP) is 4.37. The molecule has 0 saturated heterocycles. The maximum absolute atomic E-state index is 13.3. The van der Waals surface area contributed by atoms with Crippen molar-refractivity contribution in [3.63, 3.8) is 0 Å². The summed E-state index contributed by atoms with van der Waals surface area (Å²) in [5.41, 5.74) is 0.448. The van der Waals surface area contributed by atoms with Crippen molar-refractivity contribution in [1.82, 2.24) is 5.32 Å². The standard InChI is InChI=1S/C25H21NO4S/c27-24(26-22(25(28)29)14-15-31(30)19-10-2-1-3-11-19)23-20-12-6-4-8-17(20)16-18-9-5-7-13-21(18)23/h1-13,16,22H,14-15H2,(H,26,27)(H,28,29)/t22-,31+/m1/s1. The van der Waals surface area contributed by atoms with E-state index in [1.165, 1.54) is 0 Å². The van der Waals surface area contributed by atoms with Gasteiger partial charge < -0.3 is 10.4 Å². The van der Waals surface area contributed by atoms with Crippen LogP contribution in [0.5, 0.6) is 0 Å². The van der Waals surface area contributed by atoms with Gasteiger partial charge in [0, 0.05) is 10.6 Å². The highest BCUT2D eigenvalue weighted by molar-refractivity contribution is 7.85. The van der Waals surface area contributed by atoms with Crippen LogP contribution in [-0.2, 0) is 15.6 Å². The molecule has 0 bridgehead atoms. The van der Waals surface area contributed by atoms with Gasteiger partial charge >= 0.3 is 5.97 Å². The second-order valence-corrected chi connectivity index (χ2v) is 8.78. The fourth-order valence-corrected chi connectivity index (χ4v) is 4.81. The molecule has 0 heterocycles. The van der Waals surface area contributed by atoms with Crippen LogP contribution in [0.1, 0.15) is 16.8 Å². The molecule has 0 aliphatic rings. The topological polar surface area (TPSA) is 83.5 Å². The summed E-state index contributed by atoms with van der Waals surface area (Å²) >= 11 is 0. The molecule has 6 heteroatoms. The van der Waals surface area contributed by atoms with Crippen molar-refractivity contribution in [2.75, 3.05) is 5.75 Å². The van der Waals surface area contributed by atoms with Crippen molar-refractivity contribution >= 4 is 44.2 Å². The number of rotatable bonds is 7. The first-order valence-electron chi connectivity index (χ1n) is 9.92. The van der Waals surface area contributed by atoms with Gasteiger partial charge in [-0.05, 0) is 46.2 Å². The molecule has 31 heavy (non-hydrogen) atoms. The number of nitrogens with one attached hydrogen (secondary N) is 1. The van der Waals surface area contributed by atoms with Crippen LogP contribution >= 0.6 is 0 Å². The smallest absolute Gasteiger partial charge is 0.326 e. The third kappa shape index (κ3) is 4.49. The first-order valence-corrected chi connectivity index (χ1v) is 11.2. The van der Waals surface area contributed by atoms with E-state index in [1.54, 1.807) is 24.3 Å². The largest absolute Gasteiger partial charge is 0.480 e. The number of amides is 1. The van der Waals surface area contributed by atoms with E-state index in [1.807, 2.05) is 60.7 Å². The number of carboxylic acid groups (broad SMARTS) is 1. The minimum atomic E-state index is -1.34. The summed E-state index contributed by atoms with van der Waals surface area (Å²) < 4.78 is 12.5. The minimum absolute atomic E-state index is 0.0608. The average molecular weight is 432 g/mol. The summed E-state index contributed by atoms with van der Waals surface area (Å²) in [4.78, 5) is 25.7. The molecule has 0 spiro atoms. The van der Waals surface area contributed by atoms with E-state index in [9.17, 15) is 18.9 Å². The van der Waals surface area contributed by atoms with Crippen molar-refractivity contribution in [1.29, 1.82) is 0 Å². The molecular formula is C25H21NO4S. The molecule has 4 aromatic rings. The number of carboxylic acids is 1. The Bertz CT molecular complexity index is 1230. The quantitative estimate of drug-likeness (QED) is 0.426. The van der Waals surface area contributed by atoms with E-state index in [0.717, 1.165) is 21.5 Å². The minimum Gasteiger partial charge on any atom is -0.480 e. The van der Waals surface area contributed by atoms with Gasteiger partial charge in [-0.2, -0.15) is 0 Å². The summed E-state index contributed by atoms with van der Waals surface area (Å²) in [6.45, 7) is 0. The van der Waals surface area contributed by atoms with E-state index in [4.69, 9.17) is 0 Å². The monoisotopic (exact) mass is 431 g/mol. The van der Waals surface area contributed by atoms with Gasteiger partial charge in [0.2, 0.25) is 0 Å². The highest BCUT2D eigenvalue weighted by atomic mass is 32.2. The Labute approximate surface area is 182 Å². The molecule has 0 aliphatic carbocycles. The molecule has 0 aromatic heterocycles. The number of carbonyl (C=O) groups excluding carboxylic acids is 1. The molecule has 2 atom stereocenters. The fourth-order valence-electron chi connectivity index (χ4n) is 3.66. The number of hydrogen-bond donors (Lipinski definition) is 2. The van der Waals surface area contributed by atoms with Gasteiger partial charge in [-0.25, -0.2) is 4.79 Å². The normalized spacial score (nSPS) is 13.0. The second-order valence-electron chi connectivity index (χ2n) is 7.21. The highest BCUT2D eigenvalue weighted by Crippen LogP contribution is 2.28. The lowest BCUT2D eigenvalue weighted by atomic mass is 9.96. The lowest BCUT2D eigenvalue weighted by Gasteiger charge is -2.17. The Hall–Kier alpha value is -3.51.